The molecule has 6 heteroatoms. The second-order valence-electron chi connectivity index (χ2n) is 9.68. The first-order valence-corrected chi connectivity index (χ1v) is 13.9. The maximum Gasteiger partial charge on any atom is 0.242 e. The van der Waals surface area contributed by atoms with Gasteiger partial charge in [0.15, 0.2) is 0 Å². The maximum atomic E-state index is 13.7. The van der Waals surface area contributed by atoms with Crippen LogP contribution in [0.25, 0.3) is 21.8 Å². The summed E-state index contributed by atoms with van der Waals surface area (Å²) in [6.45, 7) is 3.03. The van der Waals surface area contributed by atoms with Gasteiger partial charge in [-0.15, -0.1) is 11.8 Å². The lowest BCUT2D eigenvalue weighted by Crippen LogP contribution is -2.19. The van der Waals surface area contributed by atoms with Crippen LogP contribution < -0.4 is 10.6 Å². The summed E-state index contributed by atoms with van der Waals surface area (Å²) in [4.78, 5) is 26.7. The molecule has 1 atom stereocenters. The molecule has 2 N–H and O–H groups in total. The summed E-state index contributed by atoms with van der Waals surface area (Å²) in [5, 5.41) is 8.03. The number of para-hydroxylation sites is 1. The lowest BCUT2D eigenvalue weighted by Gasteiger charge is -2.18. The third-order valence-corrected chi connectivity index (χ3v) is 8.29. The Morgan fingerprint density at radius 3 is 2.24 bits per heavy atom. The average Bonchev–Trinajstić information content (AvgIpc) is 3.76. The summed E-state index contributed by atoms with van der Waals surface area (Å²) >= 11 is 1.50. The van der Waals surface area contributed by atoms with Gasteiger partial charge in [-0.2, -0.15) is 0 Å². The van der Waals surface area contributed by atoms with E-state index in [1.807, 2.05) is 60.7 Å². The molecule has 0 aliphatic heterocycles. The zero-order valence-corrected chi connectivity index (χ0v) is 22.0. The highest BCUT2D eigenvalue weighted by atomic mass is 32.2. The van der Waals surface area contributed by atoms with Gasteiger partial charge in [-0.25, -0.2) is 0 Å². The third-order valence-electron chi connectivity index (χ3n) is 7.02. The Bertz CT molecular complexity index is 1620. The van der Waals surface area contributed by atoms with Crippen LogP contribution in [0.1, 0.15) is 30.6 Å². The van der Waals surface area contributed by atoms with Crippen LogP contribution >= 0.6 is 11.8 Å². The fraction of sp³-hybridized carbons (Fsp3) is 0.188. The van der Waals surface area contributed by atoms with Gasteiger partial charge in [0.2, 0.25) is 11.8 Å². The Morgan fingerprint density at radius 2 is 1.50 bits per heavy atom. The summed E-state index contributed by atoms with van der Waals surface area (Å²) in [6.07, 6.45) is 1.95. The molecule has 1 saturated carbocycles. The maximum absolute atomic E-state index is 13.7. The molecular weight excluding hydrogens is 490 g/mol. The summed E-state index contributed by atoms with van der Waals surface area (Å²) in [5.41, 5.74) is 4.86. The first kappa shape index (κ1) is 24.3. The SMILES string of the molecule is CCn1c2ccccc2c2cc(NC(=O)C(Sc3ccc(NC(=O)C4CC4)cc3)c3ccccc3)ccc21. The number of amides is 2. The molecule has 190 valence electrons. The molecule has 2 amide bonds. The van der Waals surface area contributed by atoms with Gasteiger partial charge in [-0.1, -0.05) is 48.5 Å². The highest BCUT2D eigenvalue weighted by molar-refractivity contribution is 8.00. The predicted molar refractivity (Wildman–Crippen MR) is 157 cm³/mol. The molecular formula is C32H29N3O2S. The molecule has 0 radical (unpaired) electrons. The number of carbonyl (C=O) groups is 2. The zero-order chi connectivity index (χ0) is 26.1. The number of aromatic nitrogens is 1. The molecule has 1 aliphatic carbocycles. The second-order valence-corrected chi connectivity index (χ2v) is 10.9. The van der Waals surface area contributed by atoms with Crippen LogP contribution in [0, 0.1) is 5.92 Å². The van der Waals surface area contributed by atoms with Gasteiger partial charge >= 0.3 is 0 Å². The van der Waals surface area contributed by atoms with Crippen LogP contribution in [0.4, 0.5) is 11.4 Å². The number of fused-ring (bicyclic) bond motifs is 3. The van der Waals surface area contributed by atoms with E-state index in [1.165, 1.54) is 22.7 Å². The van der Waals surface area contributed by atoms with Gasteiger partial charge in [-0.05, 0) is 73.9 Å². The normalized spacial score (nSPS) is 13.9. The van der Waals surface area contributed by atoms with Gasteiger partial charge in [0.1, 0.15) is 5.25 Å². The van der Waals surface area contributed by atoms with Gasteiger partial charge in [0.25, 0.3) is 0 Å². The molecule has 0 bridgehead atoms. The minimum absolute atomic E-state index is 0.0779. The largest absolute Gasteiger partial charge is 0.341 e. The molecule has 5 nitrogen and oxygen atoms in total. The van der Waals surface area contributed by atoms with Crippen molar-refractivity contribution in [1.82, 2.24) is 4.57 Å². The lowest BCUT2D eigenvalue weighted by molar-refractivity contribution is -0.117. The van der Waals surface area contributed by atoms with Crippen molar-refractivity contribution < 1.29 is 9.59 Å². The number of hydrogen-bond donors (Lipinski definition) is 2. The second kappa shape index (κ2) is 10.4. The summed E-state index contributed by atoms with van der Waals surface area (Å²) < 4.78 is 2.30. The molecule has 4 aromatic carbocycles. The van der Waals surface area contributed by atoms with Crippen molar-refractivity contribution >= 4 is 56.8 Å². The average molecular weight is 520 g/mol. The Kier molecular flexibility index (Phi) is 6.64. The van der Waals surface area contributed by atoms with E-state index in [9.17, 15) is 9.59 Å². The first-order chi connectivity index (χ1) is 18.6. The van der Waals surface area contributed by atoms with Crippen molar-refractivity contribution in [1.29, 1.82) is 0 Å². The molecule has 1 aromatic heterocycles. The highest BCUT2D eigenvalue weighted by Crippen LogP contribution is 2.38. The van der Waals surface area contributed by atoms with E-state index in [-0.39, 0.29) is 17.7 Å². The number of nitrogens with one attached hydrogen (secondary N) is 2. The van der Waals surface area contributed by atoms with Crippen LogP contribution in [0.3, 0.4) is 0 Å². The number of thioether (sulfide) groups is 1. The van der Waals surface area contributed by atoms with Crippen molar-refractivity contribution in [3.05, 3.63) is 103 Å². The molecule has 1 heterocycles. The van der Waals surface area contributed by atoms with Gasteiger partial charge in [-0.3, -0.25) is 9.59 Å². The molecule has 1 fully saturated rings. The van der Waals surface area contributed by atoms with E-state index in [4.69, 9.17) is 0 Å². The number of anilines is 2. The van der Waals surface area contributed by atoms with Crippen molar-refractivity contribution in [2.24, 2.45) is 5.92 Å². The highest BCUT2D eigenvalue weighted by Gasteiger charge is 2.29. The van der Waals surface area contributed by atoms with Crippen LogP contribution in [-0.2, 0) is 16.1 Å². The van der Waals surface area contributed by atoms with E-state index >= 15 is 0 Å². The zero-order valence-electron chi connectivity index (χ0n) is 21.2. The first-order valence-electron chi connectivity index (χ1n) is 13.0. The predicted octanol–water partition coefficient (Wildman–Crippen LogP) is 7.64. The van der Waals surface area contributed by atoms with Crippen molar-refractivity contribution in [2.45, 2.75) is 36.5 Å². The topological polar surface area (TPSA) is 63.1 Å². The Balaban J connectivity index is 1.25. The lowest BCUT2D eigenvalue weighted by atomic mass is 10.1. The van der Waals surface area contributed by atoms with E-state index in [1.54, 1.807) is 0 Å². The quantitative estimate of drug-likeness (QED) is 0.207. The minimum Gasteiger partial charge on any atom is -0.341 e. The molecule has 0 saturated heterocycles. The van der Waals surface area contributed by atoms with E-state index in [0.717, 1.165) is 52.1 Å². The molecule has 38 heavy (non-hydrogen) atoms. The number of rotatable bonds is 8. The fourth-order valence-electron chi connectivity index (χ4n) is 4.92. The summed E-state index contributed by atoms with van der Waals surface area (Å²) in [7, 11) is 0. The molecule has 1 unspecified atom stereocenters. The van der Waals surface area contributed by atoms with Gasteiger partial charge in [0.05, 0.1) is 0 Å². The van der Waals surface area contributed by atoms with Crippen LogP contribution in [0.15, 0.2) is 102 Å². The van der Waals surface area contributed by atoms with Crippen LogP contribution in [0.2, 0.25) is 0 Å². The van der Waals surface area contributed by atoms with Crippen molar-refractivity contribution in [3.8, 4) is 0 Å². The molecule has 6 rings (SSSR count). The van der Waals surface area contributed by atoms with Gasteiger partial charge in [0, 0.05) is 50.5 Å². The van der Waals surface area contributed by atoms with Crippen LogP contribution in [-0.4, -0.2) is 16.4 Å². The molecule has 1 aliphatic rings. The Morgan fingerprint density at radius 1 is 0.816 bits per heavy atom. The standard InChI is InChI=1S/C32H29N3O2S/c1-2-35-28-11-7-6-10-26(28)27-20-24(16-19-29(27)35)34-32(37)30(21-8-4-3-5-9-21)38-25-17-14-23(15-18-25)33-31(36)22-12-13-22/h3-11,14-20,22,30H,2,12-13H2,1H3,(H,33,36)(H,34,37). The van der Waals surface area contributed by atoms with Crippen molar-refractivity contribution in [3.63, 3.8) is 0 Å². The number of aryl methyl sites for hydroxylation is 1. The third kappa shape index (κ3) is 4.92. The van der Waals surface area contributed by atoms with E-state index < -0.39 is 5.25 Å². The smallest absolute Gasteiger partial charge is 0.242 e. The Hall–Kier alpha value is -4.03. The van der Waals surface area contributed by atoms with E-state index in [0.29, 0.717) is 0 Å². The number of nitrogens with zero attached hydrogens (tertiary/aromatic N) is 1. The minimum atomic E-state index is -0.434. The molecule has 5 aromatic rings. The monoisotopic (exact) mass is 519 g/mol. The van der Waals surface area contributed by atoms with Gasteiger partial charge < -0.3 is 15.2 Å². The summed E-state index contributed by atoms with van der Waals surface area (Å²) in [5.74, 6) is 0.171. The number of hydrogen-bond acceptors (Lipinski definition) is 3. The number of benzene rings is 4. The summed E-state index contributed by atoms with van der Waals surface area (Å²) in [6, 6.07) is 32.1. The Labute approximate surface area is 226 Å². The molecule has 0 spiro atoms. The fourth-order valence-corrected chi connectivity index (χ4v) is 5.95. The van der Waals surface area contributed by atoms with Crippen LogP contribution in [0.5, 0.6) is 0 Å². The van der Waals surface area contributed by atoms with Crippen molar-refractivity contribution in [2.75, 3.05) is 10.6 Å². The van der Waals surface area contributed by atoms with E-state index in [2.05, 4.69) is 58.5 Å². The number of carbonyl (C=O) groups excluding carboxylic acids is 2.